The van der Waals surface area contributed by atoms with Crippen molar-refractivity contribution in [2.45, 2.75) is 5.38 Å². The molecule has 0 fully saturated rings. The molecule has 1 nitrogen and oxygen atoms in total. The summed E-state index contributed by atoms with van der Waals surface area (Å²) >= 11 is 10.3. The summed E-state index contributed by atoms with van der Waals surface area (Å²) in [7, 11) is 0. The second-order valence-electron chi connectivity index (χ2n) is 0.846. The quantitative estimate of drug-likeness (QED) is 0.497. The zero-order valence-electron chi connectivity index (χ0n) is 3.12. The minimum absolute atomic E-state index is 0.158. The molecule has 0 bridgehead atoms. The highest BCUT2D eigenvalue weighted by Crippen LogP contribution is 2.00. The lowest BCUT2D eigenvalue weighted by molar-refractivity contribution is 0.968. The Kier molecular flexibility index (Phi) is 4.06. The highest BCUT2D eigenvalue weighted by Gasteiger charge is 1.95. The van der Waals surface area contributed by atoms with Crippen molar-refractivity contribution in [2.75, 3.05) is 6.54 Å². The summed E-state index contributed by atoms with van der Waals surface area (Å²) in [6.07, 6.45) is 0. The molecule has 1 unspecified atom stereocenters. The van der Waals surface area contributed by atoms with E-state index >= 15 is 0 Å². The minimum Gasteiger partial charge on any atom is -0.256 e. The second kappa shape index (κ2) is 3.72. The Bertz CT molecular complexity index is 28.0. The van der Waals surface area contributed by atoms with Crippen molar-refractivity contribution in [2.24, 2.45) is 0 Å². The molecule has 0 heterocycles. The average molecular weight is 126 g/mol. The maximum absolute atomic E-state index is 6.56. The van der Waals surface area contributed by atoms with E-state index in [0.29, 0.717) is 0 Å². The topological polar surface area (TPSA) is 23.8 Å². The molecule has 0 aliphatic carbocycles. The van der Waals surface area contributed by atoms with Crippen molar-refractivity contribution in [1.29, 1.82) is 0 Å². The molecule has 0 aliphatic rings. The molecule has 0 rings (SSSR count). The molecular formula is C3H5Cl2N. The van der Waals surface area contributed by atoms with Crippen LogP contribution in [0.1, 0.15) is 0 Å². The van der Waals surface area contributed by atoms with Crippen molar-refractivity contribution in [3.8, 4) is 0 Å². The maximum Gasteiger partial charge on any atom is 0.0691 e. The lowest BCUT2D eigenvalue weighted by Crippen LogP contribution is -2.01. The SMILES string of the molecule is [NH]CC(Cl)[CH]Cl. The third-order valence-electron chi connectivity index (χ3n) is 0.332. The number of nitrogens with one attached hydrogen (secondary N) is 1. The number of hydrogen-bond donors (Lipinski definition) is 0. The van der Waals surface area contributed by atoms with E-state index in [-0.39, 0.29) is 11.9 Å². The smallest absolute Gasteiger partial charge is 0.0691 e. The lowest BCUT2D eigenvalue weighted by atomic mass is 10.5. The van der Waals surface area contributed by atoms with Gasteiger partial charge in [-0.25, -0.2) is 0 Å². The van der Waals surface area contributed by atoms with Crippen LogP contribution in [0.3, 0.4) is 0 Å². The number of halogens is 2. The van der Waals surface area contributed by atoms with Gasteiger partial charge in [-0.2, -0.15) is 0 Å². The van der Waals surface area contributed by atoms with Gasteiger partial charge in [0, 0.05) is 6.54 Å². The molecule has 2 radical (unpaired) electrons. The monoisotopic (exact) mass is 125 g/mol. The molecule has 1 atom stereocenters. The van der Waals surface area contributed by atoms with Crippen LogP contribution >= 0.6 is 23.2 Å². The molecule has 0 saturated carbocycles. The Hall–Kier alpha value is 0.540. The van der Waals surface area contributed by atoms with Crippen LogP contribution in [0.5, 0.6) is 0 Å². The first-order valence-corrected chi connectivity index (χ1v) is 2.40. The Morgan fingerprint density at radius 1 is 1.83 bits per heavy atom. The first-order valence-electron chi connectivity index (χ1n) is 1.53. The van der Waals surface area contributed by atoms with Crippen molar-refractivity contribution < 1.29 is 0 Å². The predicted octanol–water partition coefficient (Wildman–Crippen LogP) is 1.28. The lowest BCUT2D eigenvalue weighted by Gasteiger charge is -1.92. The molecule has 36 valence electrons. The standard InChI is InChI=1S/C3H5Cl2N/c4-1-3(5)2-6/h1,3,6H,2H2. The van der Waals surface area contributed by atoms with E-state index in [1.165, 1.54) is 5.88 Å². The molecule has 0 aromatic heterocycles. The fourth-order valence-corrected chi connectivity index (χ4v) is 0.134. The van der Waals surface area contributed by atoms with Crippen molar-refractivity contribution in [1.82, 2.24) is 5.73 Å². The minimum atomic E-state index is -0.285. The van der Waals surface area contributed by atoms with Gasteiger partial charge in [0.05, 0.1) is 11.3 Å². The normalized spacial score (nSPS) is 14.5. The third kappa shape index (κ3) is 2.76. The van der Waals surface area contributed by atoms with E-state index in [1.54, 1.807) is 0 Å². The fourth-order valence-electron chi connectivity index (χ4n) is 0.0445. The highest BCUT2D eigenvalue weighted by molar-refractivity contribution is 6.32. The summed E-state index contributed by atoms with van der Waals surface area (Å²) in [6, 6.07) is 0. The van der Waals surface area contributed by atoms with Crippen molar-refractivity contribution >= 4 is 23.2 Å². The van der Waals surface area contributed by atoms with Gasteiger partial charge in [-0.1, -0.05) is 0 Å². The number of alkyl halides is 1. The van der Waals surface area contributed by atoms with Crippen molar-refractivity contribution in [3.63, 3.8) is 0 Å². The Morgan fingerprint density at radius 2 is 2.33 bits per heavy atom. The average Bonchev–Trinajstić information content (AvgIpc) is 1.65. The van der Waals surface area contributed by atoms with E-state index in [1.807, 2.05) is 0 Å². The van der Waals surface area contributed by atoms with Gasteiger partial charge in [0.25, 0.3) is 0 Å². The molecule has 0 aliphatic heterocycles. The summed E-state index contributed by atoms with van der Waals surface area (Å²) < 4.78 is 0. The largest absolute Gasteiger partial charge is 0.256 e. The summed E-state index contributed by atoms with van der Waals surface area (Å²) in [5.74, 6) is 1.27. The van der Waals surface area contributed by atoms with Gasteiger partial charge in [-0.3, -0.25) is 5.73 Å². The van der Waals surface area contributed by atoms with E-state index in [9.17, 15) is 0 Å². The first kappa shape index (κ1) is 6.54. The van der Waals surface area contributed by atoms with Gasteiger partial charge >= 0.3 is 0 Å². The van der Waals surface area contributed by atoms with Crippen LogP contribution in [0, 0.1) is 5.88 Å². The van der Waals surface area contributed by atoms with Gasteiger partial charge in [0.2, 0.25) is 0 Å². The van der Waals surface area contributed by atoms with Crippen LogP contribution in [-0.4, -0.2) is 11.9 Å². The van der Waals surface area contributed by atoms with E-state index < -0.39 is 0 Å². The zero-order chi connectivity index (χ0) is 4.99. The molecule has 3 heteroatoms. The molecule has 6 heavy (non-hydrogen) atoms. The van der Waals surface area contributed by atoms with Gasteiger partial charge in [0.15, 0.2) is 0 Å². The molecule has 1 N–H and O–H groups in total. The number of rotatable bonds is 2. The molecular weight excluding hydrogens is 121 g/mol. The molecule has 0 aromatic rings. The molecule has 0 spiro atoms. The van der Waals surface area contributed by atoms with Crippen LogP contribution < -0.4 is 5.73 Å². The summed E-state index contributed by atoms with van der Waals surface area (Å²) in [5.41, 5.74) is 6.56. The van der Waals surface area contributed by atoms with E-state index in [2.05, 4.69) is 0 Å². The Balaban J connectivity index is 2.75. The highest BCUT2D eigenvalue weighted by atomic mass is 35.5. The molecule has 0 aromatic carbocycles. The van der Waals surface area contributed by atoms with Crippen molar-refractivity contribution in [3.05, 3.63) is 5.88 Å². The molecule has 0 saturated heterocycles. The maximum atomic E-state index is 6.56. The molecule has 0 amide bonds. The van der Waals surface area contributed by atoms with Crippen LogP contribution in [-0.2, 0) is 0 Å². The first-order chi connectivity index (χ1) is 2.81. The predicted molar refractivity (Wildman–Crippen MR) is 27.8 cm³/mol. The second-order valence-corrected chi connectivity index (χ2v) is 1.66. The van der Waals surface area contributed by atoms with Crippen LogP contribution in [0.2, 0.25) is 0 Å². The van der Waals surface area contributed by atoms with Gasteiger partial charge in [0.1, 0.15) is 0 Å². The van der Waals surface area contributed by atoms with Gasteiger partial charge < -0.3 is 0 Å². The van der Waals surface area contributed by atoms with Crippen LogP contribution in [0.4, 0.5) is 0 Å². The van der Waals surface area contributed by atoms with Crippen LogP contribution in [0.15, 0.2) is 0 Å². The summed E-state index contributed by atoms with van der Waals surface area (Å²) in [4.78, 5) is 0. The van der Waals surface area contributed by atoms with Gasteiger partial charge in [-0.15, -0.1) is 23.2 Å². The fraction of sp³-hybridized carbons (Fsp3) is 0.667. The third-order valence-corrected chi connectivity index (χ3v) is 1.05. The Labute approximate surface area is 47.4 Å². The Morgan fingerprint density at radius 3 is 2.33 bits per heavy atom. The summed E-state index contributed by atoms with van der Waals surface area (Å²) in [6.45, 7) is 0.158. The van der Waals surface area contributed by atoms with E-state index in [4.69, 9.17) is 28.9 Å². The van der Waals surface area contributed by atoms with Gasteiger partial charge in [-0.05, 0) is 0 Å². The summed E-state index contributed by atoms with van der Waals surface area (Å²) in [5, 5.41) is -0.285. The number of hydrogen-bond acceptors (Lipinski definition) is 0. The van der Waals surface area contributed by atoms with E-state index in [0.717, 1.165) is 0 Å². The zero-order valence-corrected chi connectivity index (χ0v) is 4.63. The van der Waals surface area contributed by atoms with Crippen LogP contribution in [0.25, 0.3) is 0 Å².